The van der Waals surface area contributed by atoms with Crippen LogP contribution in [0.5, 0.6) is 0 Å². The third-order valence-electron chi connectivity index (χ3n) is 2.86. The number of methoxy groups -OCH3 is 1. The van der Waals surface area contributed by atoms with Gasteiger partial charge in [0.1, 0.15) is 0 Å². The van der Waals surface area contributed by atoms with Crippen LogP contribution in [0.25, 0.3) is 0 Å². The van der Waals surface area contributed by atoms with Crippen molar-refractivity contribution in [2.45, 2.75) is 6.42 Å². The summed E-state index contributed by atoms with van der Waals surface area (Å²) in [6.07, 6.45) is 1.69. The lowest BCUT2D eigenvalue weighted by molar-refractivity contribution is -0.130. The molecule has 0 aromatic heterocycles. The van der Waals surface area contributed by atoms with Crippen LogP contribution in [0, 0.1) is 0 Å². The molecule has 1 rings (SSSR count). The molecule has 0 aliphatic heterocycles. The number of aromatic carboxylic acids is 1. The van der Waals surface area contributed by atoms with E-state index in [1.165, 1.54) is 6.07 Å². The van der Waals surface area contributed by atoms with E-state index in [2.05, 4.69) is 6.58 Å². The SMILES string of the molecule is C=CCN(CCOC)C(=O)Cc1ccccc1C(=O)O. The van der Waals surface area contributed by atoms with Gasteiger partial charge in [0, 0.05) is 20.2 Å². The predicted octanol–water partition coefficient (Wildman–Crippen LogP) is 1.59. The van der Waals surface area contributed by atoms with Crippen molar-refractivity contribution in [3.8, 4) is 0 Å². The first-order valence-electron chi connectivity index (χ1n) is 6.29. The average molecular weight is 277 g/mol. The van der Waals surface area contributed by atoms with Gasteiger partial charge < -0.3 is 14.7 Å². The van der Waals surface area contributed by atoms with Crippen molar-refractivity contribution >= 4 is 11.9 Å². The topological polar surface area (TPSA) is 66.8 Å². The van der Waals surface area contributed by atoms with Gasteiger partial charge >= 0.3 is 5.97 Å². The lowest BCUT2D eigenvalue weighted by Crippen LogP contribution is -2.35. The van der Waals surface area contributed by atoms with Gasteiger partial charge in [-0.25, -0.2) is 4.79 Å². The molecule has 108 valence electrons. The Labute approximate surface area is 118 Å². The molecule has 0 aliphatic carbocycles. The van der Waals surface area contributed by atoms with Crippen LogP contribution in [-0.2, 0) is 16.0 Å². The fourth-order valence-electron chi connectivity index (χ4n) is 1.83. The fourth-order valence-corrected chi connectivity index (χ4v) is 1.83. The summed E-state index contributed by atoms with van der Waals surface area (Å²) in [5.41, 5.74) is 0.669. The minimum atomic E-state index is -1.03. The van der Waals surface area contributed by atoms with Crippen molar-refractivity contribution in [1.82, 2.24) is 4.90 Å². The van der Waals surface area contributed by atoms with Crippen molar-refractivity contribution in [2.24, 2.45) is 0 Å². The first kappa shape index (κ1) is 15.9. The first-order valence-corrected chi connectivity index (χ1v) is 6.29. The standard InChI is InChI=1S/C15H19NO4/c1-3-8-16(9-10-20-2)14(17)11-12-6-4-5-7-13(12)15(18)19/h3-7H,1,8-11H2,2H3,(H,18,19). The van der Waals surface area contributed by atoms with Crippen LogP contribution in [-0.4, -0.2) is 48.7 Å². The molecule has 0 radical (unpaired) electrons. The highest BCUT2D eigenvalue weighted by atomic mass is 16.5. The van der Waals surface area contributed by atoms with E-state index in [1.807, 2.05) is 0 Å². The second kappa shape index (κ2) is 8.12. The van der Waals surface area contributed by atoms with Crippen LogP contribution in [0.2, 0.25) is 0 Å². The van der Waals surface area contributed by atoms with Crippen LogP contribution < -0.4 is 0 Å². The van der Waals surface area contributed by atoms with Crippen molar-refractivity contribution < 1.29 is 19.4 Å². The summed E-state index contributed by atoms with van der Waals surface area (Å²) < 4.78 is 4.96. The van der Waals surface area contributed by atoms with E-state index >= 15 is 0 Å². The Hall–Kier alpha value is -2.14. The summed E-state index contributed by atoms with van der Waals surface area (Å²) in [6, 6.07) is 6.52. The van der Waals surface area contributed by atoms with Crippen LogP contribution >= 0.6 is 0 Å². The summed E-state index contributed by atoms with van der Waals surface area (Å²) in [6.45, 7) is 4.91. The maximum absolute atomic E-state index is 12.2. The number of ether oxygens (including phenoxy) is 1. The molecule has 0 atom stereocenters. The van der Waals surface area contributed by atoms with Gasteiger partial charge in [0.2, 0.25) is 5.91 Å². The van der Waals surface area contributed by atoms with Crippen LogP contribution in [0.4, 0.5) is 0 Å². The molecule has 1 N–H and O–H groups in total. The zero-order valence-electron chi connectivity index (χ0n) is 11.5. The van der Waals surface area contributed by atoms with E-state index in [9.17, 15) is 9.59 Å². The number of carbonyl (C=O) groups excluding carboxylic acids is 1. The Morgan fingerprint density at radius 1 is 1.40 bits per heavy atom. The number of carboxylic acids is 1. The van der Waals surface area contributed by atoms with Gasteiger partial charge in [-0.15, -0.1) is 6.58 Å². The molecule has 20 heavy (non-hydrogen) atoms. The molecule has 0 heterocycles. The van der Waals surface area contributed by atoms with E-state index in [1.54, 1.807) is 36.3 Å². The summed E-state index contributed by atoms with van der Waals surface area (Å²) in [5.74, 6) is -1.17. The van der Waals surface area contributed by atoms with Gasteiger partial charge in [-0.2, -0.15) is 0 Å². The van der Waals surface area contributed by atoms with E-state index in [-0.39, 0.29) is 17.9 Å². The number of benzene rings is 1. The van der Waals surface area contributed by atoms with Gasteiger partial charge in [0.25, 0.3) is 0 Å². The Kier molecular flexibility index (Phi) is 6.46. The van der Waals surface area contributed by atoms with Crippen molar-refractivity contribution in [3.05, 3.63) is 48.0 Å². The maximum Gasteiger partial charge on any atom is 0.335 e. The molecule has 0 fully saturated rings. The van der Waals surface area contributed by atoms with Crippen molar-refractivity contribution in [3.63, 3.8) is 0 Å². The third-order valence-corrected chi connectivity index (χ3v) is 2.86. The Morgan fingerprint density at radius 3 is 2.70 bits per heavy atom. The summed E-state index contributed by atoms with van der Waals surface area (Å²) >= 11 is 0. The molecular weight excluding hydrogens is 258 g/mol. The van der Waals surface area contributed by atoms with Crippen molar-refractivity contribution in [1.29, 1.82) is 0 Å². The number of carboxylic acid groups (broad SMARTS) is 1. The molecular formula is C15H19NO4. The van der Waals surface area contributed by atoms with Crippen LogP contribution in [0.3, 0.4) is 0 Å². The van der Waals surface area contributed by atoms with Gasteiger partial charge in [-0.05, 0) is 11.6 Å². The molecule has 1 aromatic rings. The minimum absolute atomic E-state index is 0.0556. The summed E-state index contributed by atoms with van der Waals surface area (Å²) in [7, 11) is 1.57. The Balaban J connectivity index is 2.82. The molecule has 0 bridgehead atoms. The minimum Gasteiger partial charge on any atom is -0.478 e. The lowest BCUT2D eigenvalue weighted by Gasteiger charge is -2.21. The quantitative estimate of drug-likeness (QED) is 0.733. The molecule has 0 aliphatic rings. The van der Waals surface area contributed by atoms with E-state index < -0.39 is 5.97 Å². The molecule has 0 unspecified atom stereocenters. The number of nitrogens with zero attached hydrogens (tertiary/aromatic N) is 1. The maximum atomic E-state index is 12.2. The third kappa shape index (κ3) is 4.51. The Bertz CT molecular complexity index is 485. The molecule has 0 spiro atoms. The van der Waals surface area contributed by atoms with E-state index in [4.69, 9.17) is 9.84 Å². The zero-order valence-corrected chi connectivity index (χ0v) is 11.5. The monoisotopic (exact) mass is 277 g/mol. The highest BCUT2D eigenvalue weighted by molar-refractivity contribution is 5.91. The molecule has 1 amide bonds. The summed E-state index contributed by atoms with van der Waals surface area (Å²) in [5, 5.41) is 9.10. The van der Waals surface area contributed by atoms with E-state index in [0.717, 1.165) is 0 Å². The first-order chi connectivity index (χ1) is 9.60. The smallest absolute Gasteiger partial charge is 0.335 e. The van der Waals surface area contributed by atoms with Crippen LogP contribution in [0.15, 0.2) is 36.9 Å². The number of amides is 1. The number of hydrogen-bond acceptors (Lipinski definition) is 3. The molecule has 1 aromatic carbocycles. The van der Waals surface area contributed by atoms with Gasteiger partial charge in [0.05, 0.1) is 18.6 Å². The molecule has 0 saturated heterocycles. The van der Waals surface area contributed by atoms with Gasteiger partial charge in [0.15, 0.2) is 0 Å². The largest absolute Gasteiger partial charge is 0.478 e. The number of rotatable bonds is 8. The average Bonchev–Trinajstić information content (AvgIpc) is 2.43. The molecule has 5 heteroatoms. The molecule has 5 nitrogen and oxygen atoms in total. The number of carbonyl (C=O) groups is 2. The fraction of sp³-hybridized carbons (Fsp3) is 0.333. The second-order valence-electron chi connectivity index (χ2n) is 4.26. The van der Waals surface area contributed by atoms with E-state index in [0.29, 0.717) is 25.3 Å². The highest BCUT2D eigenvalue weighted by Crippen LogP contribution is 2.11. The molecule has 0 saturated carbocycles. The normalized spacial score (nSPS) is 10.1. The number of hydrogen-bond donors (Lipinski definition) is 1. The Morgan fingerprint density at radius 2 is 2.10 bits per heavy atom. The van der Waals surface area contributed by atoms with Gasteiger partial charge in [-0.1, -0.05) is 24.3 Å². The summed E-state index contributed by atoms with van der Waals surface area (Å²) in [4.78, 5) is 24.9. The second-order valence-corrected chi connectivity index (χ2v) is 4.26. The predicted molar refractivity (Wildman–Crippen MR) is 75.8 cm³/mol. The zero-order chi connectivity index (χ0) is 15.0. The highest BCUT2D eigenvalue weighted by Gasteiger charge is 2.16. The lowest BCUT2D eigenvalue weighted by atomic mass is 10.0. The van der Waals surface area contributed by atoms with Gasteiger partial charge in [-0.3, -0.25) is 4.79 Å². The van der Waals surface area contributed by atoms with Crippen LogP contribution in [0.1, 0.15) is 15.9 Å². The van der Waals surface area contributed by atoms with Crippen molar-refractivity contribution in [2.75, 3.05) is 26.8 Å².